The number of amides is 1. The first-order chi connectivity index (χ1) is 8.29. The Kier molecular flexibility index (Phi) is 3.58. The number of nitrogens with two attached hydrogens (primary N) is 1. The number of aromatic nitrogens is 2. The number of anilines is 1. The number of primary sulfonamides is 1. The quantitative estimate of drug-likeness (QED) is 0.767. The van der Waals surface area contributed by atoms with Crippen molar-refractivity contribution in [1.29, 1.82) is 0 Å². The molecule has 7 nitrogen and oxygen atoms in total. The SMILES string of the molecule is NS(=O)(=O)C1CC(=O)N(c2ncc(Br)c(Cl)n2)C1. The fraction of sp³-hybridized carbons (Fsp3) is 0.375. The van der Waals surface area contributed by atoms with Gasteiger partial charge in [0.2, 0.25) is 21.9 Å². The molecule has 2 N–H and O–H groups in total. The molecule has 1 aromatic rings. The molecular formula is C8H8BrClN4O3S. The third-order valence-corrected chi connectivity index (χ3v) is 4.83. The number of carbonyl (C=O) groups excluding carboxylic acids is 1. The van der Waals surface area contributed by atoms with E-state index in [1.54, 1.807) is 0 Å². The van der Waals surface area contributed by atoms with Crippen LogP contribution in [0.25, 0.3) is 0 Å². The van der Waals surface area contributed by atoms with E-state index in [4.69, 9.17) is 16.7 Å². The number of hydrogen-bond acceptors (Lipinski definition) is 5. The molecule has 1 saturated heterocycles. The number of nitrogens with zero attached hydrogens (tertiary/aromatic N) is 3. The summed E-state index contributed by atoms with van der Waals surface area (Å²) in [5.74, 6) is -0.327. The largest absolute Gasteiger partial charge is 0.279 e. The van der Waals surface area contributed by atoms with E-state index in [0.29, 0.717) is 4.47 Å². The molecule has 0 spiro atoms. The van der Waals surface area contributed by atoms with Crippen LogP contribution in [0.3, 0.4) is 0 Å². The van der Waals surface area contributed by atoms with Crippen molar-refractivity contribution < 1.29 is 13.2 Å². The Labute approximate surface area is 117 Å². The van der Waals surface area contributed by atoms with Gasteiger partial charge in [-0.15, -0.1) is 0 Å². The van der Waals surface area contributed by atoms with E-state index in [2.05, 4.69) is 25.9 Å². The second-order valence-corrected chi connectivity index (χ2v) is 6.79. The Morgan fingerprint density at radius 3 is 2.72 bits per heavy atom. The summed E-state index contributed by atoms with van der Waals surface area (Å²) in [4.78, 5) is 20.7. The molecule has 1 aromatic heterocycles. The average molecular weight is 356 g/mol. The van der Waals surface area contributed by atoms with Gasteiger partial charge >= 0.3 is 0 Å². The molecule has 1 atom stereocenters. The Morgan fingerprint density at radius 1 is 1.56 bits per heavy atom. The van der Waals surface area contributed by atoms with E-state index < -0.39 is 21.2 Å². The highest BCUT2D eigenvalue weighted by Crippen LogP contribution is 2.25. The van der Waals surface area contributed by atoms with Crippen molar-refractivity contribution in [3.63, 3.8) is 0 Å². The van der Waals surface area contributed by atoms with E-state index in [9.17, 15) is 13.2 Å². The van der Waals surface area contributed by atoms with Crippen LogP contribution in [0.1, 0.15) is 6.42 Å². The Morgan fingerprint density at radius 2 is 2.22 bits per heavy atom. The summed E-state index contributed by atoms with van der Waals surface area (Å²) >= 11 is 8.91. The van der Waals surface area contributed by atoms with E-state index in [-0.39, 0.29) is 24.1 Å². The van der Waals surface area contributed by atoms with Crippen LogP contribution in [-0.2, 0) is 14.8 Å². The molecule has 1 aliphatic rings. The van der Waals surface area contributed by atoms with Gasteiger partial charge in [0, 0.05) is 19.2 Å². The van der Waals surface area contributed by atoms with Crippen molar-refractivity contribution in [3.8, 4) is 0 Å². The molecule has 10 heteroatoms. The molecular weight excluding hydrogens is 348 g/mol. The predicted molar refractivity (Wildman–Crippen MR) is 68.6 cm³/mol. The lowest BCUT2D eigenvalue weighted by atomic mass is 10.4. The number of sulfonamides is 1. The summed E-state index contributed by atoms with van der Waals surface area (Å²) in [5.41, 5.74) is 0. The summed E-state index contributed by atoms with van der Waals surface area (Å²) in [6.45, 7) is -0.0599. The molecule has 1 aliphatic heterocycles. The van der Waals surface area contributed by atoms with Crippen LogP contribution in [0.5, 0.6) is 0 Å². The van der Waals surface area contributed by atoms with Gasteiger partial charge in [-0.2, -0.15) is 4.98 Å². The molecule has 0 radical (unpaired) electrons. The van der Waals surface area contributed by atoms with E-state index in [1.807, 2.05) is 0 Å². The van der Waals surface area contributed by atoms with Crippen molar-refractivity contribution in [1.82, 2.24) is 9.97 Å². The molecule has 0 aromatic carbocycles. The monoisotopic (exact) mass is 354 g/mol. The molecule has 0 bridgehead atoms. The van der Waals surface area contributed by atoms with Gasteiger partial charge < -0.3 is 0 Å². The Bertz CT molecular complexity index is 608. The van der Waals surface area contributed by atoms with Crippen molar-refractivity contribution >= 4 is 49.4 Å². The summed E-state index contributed by atoms with van der Waals surface area (Å²) in [5, 5.41) is 4.23. The predicted octanol–water partition coefficient (Wildman–Crippen LogP) is 0.286. The zero-order valence-electron chi connectivity index (χ0n) is 8.88. The summed E-state index contributed by atoms with van der Waals surface area (Å²) in [6, 6.07) is 0. The normalized spacial score (nSPS) is 20.5. The van der Waals surface area contributed by atoms with Crippen LogP contribution in [0, 0.1) is 0 Å². The van der Waals surface area contributed by atoms with Gasteiger partial charge in [-0.05, 0) is 15.9 Å². The summed E-state index contributed by atoms with van der Waals surface area (Å²) in [7, 11) is -3.75. The van der Waals surface area contributed by atoms with Crippen LogP contribution >= 0.6 is 27.5 Å². The molecule has 98 valence electrons. The number of rotatable bonds is 2. The number of halogens is 2. The minimum Gasteiger partial charge on any atom is -0.279 e. The maximum atomic E-state index is 11.7. The van der Waals surface area contributed by atoms with E-state index in [1.165, 1.54) is 6.20 Å². The van der Waals surface area contributed by atoms with Crippen molar-refractivity contribution in [3.05, 3.63) is 15.8 Å². The topological polar surface area (TPSA) is 106 Å². The van der Waals surface area contributed by atoms with Crippen LogP contribution in [0.15, 0.2) is 10.7 Å². The van der Waals surface area contributed by atoms with E-state index in [0.717, 1.165) is 4.90 Å². The highest BCUT2D eigenvalue weighted by molar-refractivity contribution is 9.10. The van der Waals surface area contributed by atoms with Crippen LogP contribution in [0.4, 0.5) is 5.95 Å². The lowest BCUT2D eigenvalue weighted by Crippen LogP contribution is -2.32. The van der Waals surface area contributed by atoms with Crippen LogP contribution in [0.2, 0.25) is 5.15 Å². The highest BCUT2D eigenvalue weighted by atomic mass is 79.9. The van der Waals surface area contributed by atoms with Crippen LogP contribution < -0.4 is 10.0 Å². The minimum atomic E-state index is -3.75. The molecule has 0 aliphatic carbocycles. The van der Waals surface area contributed by atoms with Gasteiger partial charge in [-0.3, -0.25) is 9.69 Å². The van der Waals surface area contributed by atoms with Crippen molar-refractivity contribution in [2.75, 3.05) is 11.4 Å². The van der Waals surface area contributed by atoms with Gasteiger partial charge in [0.1, 0.15) is 10.4 Å². The van der Waals surface area contributed by atoms with Gasteiger partial charge in [-0.1, -0.05) is 11.6 Å². The first kappa shape index (κ1) is 13.7. The third-order valence-electron chi connectivity index (χ3n) is 2.48. The number of hydrogen-bond donors (Lipinski definition) is 1. The molecule has 2 heterocycles. The summed E-state index contributed by atoms with van der Waals surface area (Å²) in [6.07, 6.45) is 1.22. The molecule has 1 fully saturated rings. The zero-order valence-corrected chi connectivity index (χ0v) is 12.0. The Hall–Kier alpha value is -0.770. The minimum absolute atomic E-state index is 0.0599. The lowest BCUT2D eigenvalue weighted by Gasteiger charge is -2.14. The third kappa shape index (κ3) is 2.63. The highest BCUT2D eigenvalue weighted by Gasteiger charge is 2.38. The van der Waals surface area contributed by atoms with Gasteiger partial charge in [0.05, 0.1) is 4.47 Å². The van der Waals surface area contributed by atoms with Gasteiger partial charge in [0.15, 0.2) is 0 Å². The molecule has 18 heavy (non-hydrogen) atoms. The van der Waals surface area contributed by atoms with Crippen molar-refractivity contribution in [2.45, 2.75) is 11.7 Å². The maximum absolute atomic E-state index is 11.7. The number of carbonyl (C=O) groups is 1. The first-order valence-electron chi connectivity index (χ1n) is 4.79. The lowest BCUT2D eigenvalue weighted by molar-refractivity contribution is -0.117. The molecule has 0 saturated carbocycles. The Balaban J connectivity index is 2.30. The smallest absolute Gasteiger partial charge is 0.233 e. The van der Waals surface area contributed by atoms with Crippen molar-refractivity contribution in [2.24, 2.45) is 5.14 Å². The van der Waals surface area contributed by atoms with Gasteiger partial charge in [0.25, 0.3) is 0 Å². The molecule has 2 rings (SSSR count). The standard InChI is InChI=1S/C8H8BrClN4O3S/c9-5-2-12-8(13-7(5)10)14-3-4(1-6(14)15)18(11,16)17/h2,4H,1,3H2,(H2,11,16,17). The fourth-order valence-corrected chi connectivity index (χ4v) is 2.60. The fourth-order valence-electron chi connectivity index (χ4n) is 1.56. The first-order valence-corrected chi connectivity index (χ1v) is 7.57. The zero-order chi connectivity index (χ0) is 13.5. The second kappa shape index (κ2) is 4.72. The molecule has 1 unspecified atom stereocenters. The summed E-state index contributed by atoms with van der Waals surface area (Å²) < 4.78 is 22.9. The van der Waals surface area contributed by atoms with E-state index >= 15 is 0 Å². The van der Waals surface area contributed by atoms with Crippen LogP contribution in [-0.4, -0.2) is 36.1 Å². The van der Waals surface area contributed by atoms with Gasteiger partial charge in [-0.25, -0.2) is 18.5 Å². The second-order valence-electron chi connectivity index (χ2n) is 3.73. The average Bonchev–Trinajstić information content (AvgIpc) is 2.64. The maximum Gasteiger partial charge on any atom is 0.233 e. The molecule has 1 amide bonds.